The van der Waals surface area contributed by atoms with Crippen LogP contribution in [0.3, 0.4) is 0 Å². The molecule has 0 unspecified atom stereocenters. The van der Waals surface area contributed by atoms with Gasteiger partial charge in [0.15, 0.2) is 5.82 Å². The first-order chi connectivity index (χ1) is 9.26. The number of nitrogens with zero attached hydrogens (tertiary/aromatic N) is 2. The van der Waals surface area contributed by atoms with E-state index >= 15 is 0 Å². The van der Waals surface area contributed by atoms with E-state index in [0.29, 0.717) is 29.4 Å². The Morgan fingerprint density at radius 2 is 2.16 bits per heavy atom. The second-order valence-corrected chi connectivity index (χ2v) is 3.79. The number of benzene rings is 1. The molecule has 96 valence electrons. The van der Waals surface area contributed by atoms with E-state index in [9.17, 15) is 0 Å². The van der Waals surface area contributed by atoms with Crippen LogP contribution in [-0.4, -0.2) is 11.6 Å². The van der Waals surface area contributed by atoms with Crippen LogP contribution in [0.4, 0.5) is 17.2 Å². The summed E-state index contributed by atoms with van der Waals surface area (Å²) >= 11 is 0. The standard InChI is InChI=1S/C14H14N4O/c1-2-19-12-6-4-3-5-11(12)18-14-13(16)10(9-15)7-8-17-14/h3-8H,2,16H2,1H3,(H,17,18). The Balaban J connectivity index is 2.34. The number of aromatic nitrogens is 1. The van der Waals surface area contributed by atoms with Crippen LogP contribution >= 0.6 is 0 Å². The molecule has 0 aliphatic rings. The summed E-state index contributed by atoms with van der Waals surface area (Å²) in [7, 11) is 0. The van der Waals surface area contributed by atoms with Crippen LogP contribution in [0.15, 0.2) is 36.5 Å². The van der Waals surface area contributed by atoms with Gasteiger partial charge in [0.05, 0.1) is 23.5 Å². The maximum atomic E-state index is 8.94. The molecule has 0 amide bonds. The molecule has 0 spiro atoms. The first kappa shape index (κ1) is 12.7. The molecule has 0 atom stereocenters. The maximum absolute atomic E-state index is 8.94. The van der Waals surface area contributed by atoms with Gasteiger partial charge in [0, 0.05) is 6.20 Å². The third-order valence-corrected chi connectivity index (χ3v) is 2.55. The summed E-state index contributed by atoms with van der Waals surface area (Å²) in [4.78, 5) is 4.14. The van der Waals surface area contributed by atoms with Crippen LogP contribution in [0.25, 0.3) is 0 Å². The van der Waals surface area contributed by atoms with Gasteiger partial charge < -0.3 is 15.8 Å². The van der Waals surface area contributed by atoms with Crippen LogP contribution in [0, 0.1) is 11.3 Å². The van der Waals surface area contributed by atoms with Crippen LogP contribution in [-0.2, 0) is 0 Å². The summed E-state index contributed by atoms with van der Waals surface area (Å²) in [6, 6.07) is 11.1. The molecule has 0 aliphatic heterocycles. The van der Waals surface area contributed by atoms with Crippen molar-refractivity contribution >= 4 is 17.2 Å². The lowest BCUT2D eigenvalue weighted by Gasteiger charge is -2.13. The molecule has 2 rings (SSSR count). The average Bonchev–Trinajstić information content (AvgIpc) is 2.43. The lowest BCUT2D eigenvalue weighted by Crippen LogP contribution is -2.03. The second-order valence-electron chi connectivity index (χ2n) is 3.79. The molecule has 5 heteroatoms. The summed E-state index contributed by atoms with van der Waals surface area (Å²) in [5, 5.41) is 12.0. The monoisotopic (exact) mass is 254 g/mol. The number of para-hydroxylation sites is 2. The number of nitrogens with one attached hydrogen (secondary N) is 1. The van der Waals surface area contributed by atoms with E-state index in [-0.39, 0.29) is 0 Å². The van der Waals surface area contributed by atoms with E-state index in [1.165, 1.54) is 0 Å². The topological polar surface area (TPSA) is 84.0 Å². The first-order valence-corrected chi connectivity index (χ1v) is 5.89. The Labute approximate surface area is 111 Å². The number of nitrogens with two attached hydrogens (primary N) is 1. The van der Waals surface area contributed by atoms with Crippen molar-refractivity contribution in [1.82, 2.24) is 4.98 Å². The molecule has 1 aromatic heterocycles. The van der Waals surface area contributed by atoms with Crippen LogP contribution in [0.5, 0.6) is 5.75 Å². The van der Waals surface area contributed by atoms with E-state index in [1.807, 2.05) is 37.3 Å². The van der Waals surface area contributed by atoms with Gasteiger partial charge in [0.25, 0.3) is 0 Å². The van der Waals surface area contributed by atoms with E-state index in [4.69, 9.17) is 15.7 Å². The van der Waals surface area contributed by atoms with Crippen molar-refractivity contribution in [3.8, 4) is 11.8 Å². The summed E-state index contributed by atoms with van der Waals surface area (Å²) in [5.41, 5.74) is 7.36. The number of nitrogen functional groups attached to an aromatic ring is 1. The summed E-state index contributed by atoms with van der Waals surface area (Å²) in [6.45, 7) is 2.49. The van der Waals surface area contributed by atoms with Gasteiger partial charge in [-0.15, -0.1) is 0 Å². The highest BCUT2D eigenvalue weighted by atomic mass is 16.5. The molecule has 0 fully saturated rings. The van der Waals surface area contributed by atoms with Gasteiger partial charge in [0.2, 0.25) is 0 Å². The molecule has 3 N–H and O–H groups in total. The highest BCUT2D eigenvalue weighted by Gasteiger charge is 2.08. The fourth-order valence-electron chi connectivity index (χ4n) is 1.65. The molecule has 1 heterocycles. The molecule has 0 aliphatic carbocycles. The number of hydrogen-bond acceptors (Lipinski definition) is 5. The average molecular weight is 254 g/mol. The van der Waals surface area contributed by atoms with Gasteiger partial charge in [0.1, 0.15) is 11.8 Å². The van der Waals surface area contributed by atoms with Gasteiger partial charge in [-0.2, -0.15) is 5.26 Å². The Bertz CT molecular complexity index is 619. The molecule has 0 bridgehead atoms. The van der Waals surface area contributed by atoms with Crippen molar-refractivity contribution in [1.29, 1.82) is 5.26 Å². The van der Waals surface area contributed by atoms with Gasteiger partial charge in [-0.3, -0.25) is 0 Å². The van der Waals surface area contributed by atoms with E-state index in [2.05, 4.69) is 10.3 Å². The minimum Gasteiger partial charge on any atom is -0.492 e. The van der Waals surface area contributed by atoms with Crippen molar-refractivity contribution in [2.45, 2.75) is 6.92 Å². The molecule has 5 nitrogen and oxygen atoms in total. The number of anilines is 3. The van der Waals surface area contributed by atoms with E-state index < -0.39 is 0 Å². The highest BCUT2D eigenvalue weighted by Crippen LogP contribution is 2.29. The number of hydrogen-bond donors (Lipinski definition) is 2. The summed E-state index contributed by atoms with van der Waals surface area (Å²) in [5.74, 6) is 1.17. The summed E-state index contributed by atoms with van der Waals surface area (Å²) < 4.78 is 5.51. The molecular weight excluding hydrogens is 240 g/mol. The zero-order chi connectivity index (χ0) is 13.7. The predicted octanol–water partition coefficient (Wildman–Crippen LogP) is 2.68. The van der Waals surface area contributed by atoms with Gasteiger partial charge >= 0.3 is 0 Å². The first-order valence-electron chi connectivity index (χ1n) is 5.89. The fourth-order valence-corrected chi connectivity index (χ4v) is 1.65. The van der Waals surface area contributed by atoms with Crippen LogP contribution in [0.1, 0.15) is 12.5 Å². The molecule has 0 saturated heterocycles. The smallest absolute Gasteiger partial charge is 0.155 e. The number of nitriles is 1. The SMILES string of the molecule is CCOc1ccccc1Nc1nccc(C#N)c1N. The van der Waals surface area contributed by atoms with Crippen LogP contribution < -0.4 is 15.8 Å². The number of ether oxygens (including phenoxy) is 1. The van der Waals surface area contributed by atoms with E-state index in [0.717, 1.165) is 5.69 Å². The Kier molecular flexibility index (Phi) is 3.84. The van der Waals surface area contributed by atoms with Gasteiger partial charge in [-0.05, 0) is 25.1 Å². The molecule has 2 aromatic rings. The lowest BCUT2D eigenvalue weighted by atomic mass is 10.2. The van der Waals surface area contributed by atoms with Crippen molar-refractivity contribution in [2.75, 3.05) is 17.7 Å². The van der Waals surface area contributed by atoms with Crippen molar-refractivity contribution in [2.24, 2.45) is 0 Å². The molecular formula is C14H14N4O. The largest absolute Gasteiger partial charge is 0.492 e. The maximum Gasteiger partial charge on any atom is 0.155 e. The Morgan fingerprint density at radius 1 is 1.37 bits per heavy atom. The molecule has 0 radical (unpaired) electrons. The fraction of sp³-hybridized carbons (Fsp3) is 0.143. The van der Waals surface area contributed by atoms with Crippen molar-refractivity contribution in [3.05, 3.63) is 42.1 Å². The minimum atomic E-state index is 0.330. The third kappa shape index (κ3) is 2.75. The van der Waals surface area contributed by atoms with Gasteiger partial charge in [-0.1, -0.05) is 12.1 Å². The zero-order valence-corrected chi connectivity index (χ0v) is 10.6. The molecule has 19 heavy (non-hydrogen) atoms. The number of rotatable bonds is 4. The van der Waals surface area contributed by atoms with Crippen molar-refractivity contribution in [3.63, 3.8) is 0 Å². The highest BCUT2D eigenvalue weighted by molar-refractivity contribution is 5.75. The molecule has 1 aromatic carbocycles. The number of pyridine rings is 1. The predicted molar refractivity (Wildman–Crippen MR) is 74.3 cm³/mol. The van der Waals surface area contributed by atoms with Crippen molar-refractivity contribution < 1.29 is 4.74 Å². The minimum absolute atomic E-state index is 0.330. The van der Waals surface area contributed by atoms with E-state index in [1.54, 1.807) is 12.3 Å². The quantitative estimate of drug-likeness (QED) is 0.876. The lowest BCUT2D eigenvalue weighted by molar-refractivity contribution is 0.342. The normalized spacial score (nSPS) is 9.68. The van der Waals surface area contributed by atoms with Gasteiger partial charge in [-0.25, -0.2) is 4.98 Å². The molecule has 0 saturated carbocycles. The van der Waals surface area contributed by atoms with Crippen LogP contribution in [0.2, 0.25) is 0 Å². The second kappa shape index (κ2) is 5.74. The zero-order valence-electron chi connectivity index (χ0n) is 10.6. The Morgan fingerprint density at radius 3 is 2.89 bits per heavy atom. The Hall–Kier alpha value is -2.74. The summed E-state index contributed by atoms with van der Waals surface area (Å²) in [6.07, 6.45) is 1.54. The third-order valence-electron chi connectivity index (χ3n) is 2.55.